The Hall–Kier alpha value is -1.58. The van der Waals surface area contributed by atoms with Crippen LogP contribution in [0.3, 0.4) is 0 Å². The SMILES string of the molecule is CC(C)(C)OC(=O)CC1(C(=O)O)C=CCC=C1. The van der Waals surface area contributed by atoms with Crippen LogP contribution in [0.5, 0.6) is 0 Å². The van der Waals surface area contributed by atoms with Gasteiger partial charge in [0, 0.05) is 0 Å². The zero-order valence-corrected chi connectivity index (χ0v) is 10.4. The average Bonchev–Trinajstić information content (AvgIpc) is 2.15. The van der Waals surface area contributed by atoms with Crippen molar-refractivity contribution in [1.82, 2.24) is 0 Å². The minimum atomic E-state index is -1.25. The fourth-order valence-electron chi connectivity index (χ4n) is 1.64. The van der Waals surface area contributed by atoms with E-state index < -0.39 is 23.0 Å². The maximum absolute atomic E-state index is 11.7. The second-order valence-electron chi connectivity index (χ2n) is 5.15. The molecule has 1 N–H and O–H groups in total. The van der Waals surface area contributed by atoms with Crippen LogP contribution < -0.4 is 0 Å². The lowest BCUT2D eigenvalue weighted by molar-refractivity contribution is -0.161. The van der Waals surface area contributed by atoms with Crippen LogP contribution in [-0.4, -0.2) is 22.6 Å². The Morgan fingerprint density at radius 1 is 1.29 bits per heavy atom. The Balaban J connectivity index is 2.79. The number of carboxylic acid groups (broad SMARTS) is 1. The number of carbonyl (C=O) groups is 2. The summed E-state index contributed by atoms with van der Waals surface area (Å²) in [5.74, 6) is -1.54. The third-order valence-corrected chi connectivity index (χ3v) is 2.36. The van der Waals surface area contributed by atoms with E-state index in [0.717, 1.165) is 0 Å². The second kappa shape index (κ2) is 4.73. The van der Waals surface area contributed by atoms with Gasteiger partial charge in [-0.15, -0.1) is 0 Å². The number of carboxylic acids is 1. The summed E-state index contributed by atoms with van der Waals surface area (Å²) >= 11 is 0. The molecule has 0 bridgehead atoms. The highest BCUT2D eigenvalue weighted by molar-refractivity contribution is 5.86. The van der Waals surface area contributed by atoms with Gasteiger partial charge in [-0.05, 0) is 27.2 Å². The van der Waals surface area contributed by atoms with Crippen molar-refractivity contribution in [1.29, 1.82) is 0 Å². The van der Waals surface area contributed by atoms with Crippen molar-refractivity contribution in [2.75, 3.05) is 0 Å². The van der Waals surface area contributed by atoms with Gasteiger partial charge in [-0.2, -0.15) is 0 Å². The molecule has 0 aliphatic heterocycles. The molecule has 0 heterocycles. The highest BCUT2D eigenvalue weighted by Gasteiger charge is 2.38. The number of allylic oxidation sites excluding steroid dienone is 2. The molecule has 0 amide bonds. The number of ether oxygens (including phenoxy) is 1. The van der Waals surface area contributed by atoms with Gasteiger partial charge in [-0.25, -0.2) is 0 Å². The third kappa shape index (κ3) is 3.73. The minimum absolute atomic E-state index is 0.174. The van der Waals surface area contributed by atoms with Crippen LogP contribution in [-0.2, 0) is 14.3 Å². The molecule has 0 spiro atoms. The smallest absolute Gasteiger partial charge is 0.318 e. The molecular formula is C13H18O4. The number of rotatable bonds is 3. The third-order valence-electron chi connectivity index (χ3n) is 2.36. The lowest BCUT2D eigenvalue weighted by Crippen LogP contribution is -2.34. The van der Waals surface area contributed by atoms with Gasteiger partial charge in [0.2, 0.25) is 0 Å². The number of hydrogen-bond acceptors (Lipinski definition) is 3. The molecule has 4 heteroatoms. The van der Waals surface area contributed by atoms with E-state index in [1.807, 2.05) is 0 Å². The van der Waals surface area contributed by atoms with Crippen LogP contribution in [0.15, 0.2) is 24.3 Å². The molecule has 4 nitrogen and oxygen atoms in total. The van der Waals surface area contributed by atoms with Crippen molar-refractivity contribution in [3.8, 4) is 0 Å². The number of hydrogen-bond donors (Lipinski definition) is 1. The maximum atomic E-state index is 11.7. The molecule has 0 fully saturated rings. The van der Waals surface area contributed by atoms with Gasteiger partial charge in [0.1, 0.15) is 11.0 Å². The van der Waals surface area contributed by atoms with Gasteiger partial charge < -0.3 is 9.84 Å². The molecule has 1 aliphatic carbocycles. The van der Waals surface area contributed by atoms with Gasteiger partial charge in [-0.3, -0.25) is 9.59 Å². The van der Waals surface area contributed by atoms with Crippen molar-refractivity contribution in [2.45, 2.75) is 39.2 Å². The van der Waals surface area contributed by atoms with Crippen LogP contribution in [0.4, 0.5) is 0 Å². The summed E-state index contributed by atoms with van der Waals surface area (Å²) < 4.78 is 5.15. The standard InChI is InChI=1S/C13H18O4/c1-12(2,3)17-10(14)9-13(11(15)16)7-5-4-6-8-13/h5-8H,4,9H2,1-3H3,(H,15,16). The zero-order chi connectivity index (χ0) is 13.1. The van der Waals surface area contributed by atoms with Crippen molar-refractivity contribution >= 4 is 11.9 Å². The summed E-state index contributed by atoms with van der Waals surface area (Å²) in [4.78, 5) is 23.0. The zero-order valence-electron chi connectivity index (χ0n) is 10.4. The predicted octanol–water partition coefficient (Wildman–Crippen LogP) is 2.31. The largest absolute Gasteiger partial charge is 0.480 e. The molecule has 1 aliphatic rings. The van der Waals surface area contributed by atoms with E-state index in [1.165, 1.54) is 0 Å². The monoisotopic (exact) mass is 238 g/mol. The van der Waals surface area contributed by atoms with Gasteiger partial charge in [-0.1, -0.05) is 24.3 Å². The molecule has 94 valence electrons. The molecule has 17 heavy (non-hydrogen) atoms. The van der Waals surface area contributed by atoms with Crippen LogP contribution in [0, 0.1) is 5.41 Å². The normalized spacial score (nSPS) is 17.8. The van der Waals surface area contributed by atoms with E-state index >= 15 is 0 Å². The van der Waals surface area contributed by atoms with E-state index in [9.17, 15) is 14.7 Å². The second-order valence-corrected chi connectivity index (χ2v) is 5.15. The van der Waals surface area contributed by atoms with Crippen molar-refractivity contribution in [2.24, 2.45) is 5.41 Å². The Morgan fingerprint density at radius 2 is 1.82 bits per heavy atom. The summed E-state index contributed by atoms with van der Waals surface area (Å²) in [6.07, 6.45) is 7.13. The molecule has 0 aromatic rings. The first-order valence-electron chi connectivity index (χ1n) is 5.56. The highest BCUT2D eigenvalue weighted by Crippen LogP contribution is 2.31. The summed E-state index contributed by atoms with van der Waals surface area (Å²) in [6, 6.07) is 0. The average molecular weight is 238 g/mol. The molecule has 1 rings (SSSR count). The maximum Gasteiger partial charge on any atom is 0.318 e. The fourth-order valence-corrected chi connectivity index (χ4v) is 1.64. The Kier molecular flexibility index (Phi) is 3.76. The number of carbonyl (C=O) groups excluding carboxylic acids is 1. The topological polar surface area (TPSA) is 63.6 Å². The highest BCUT2D eigenvalue weighted by atomic mass is 16.6. The van der Waals surface area contributed by atoms with E-state index in [2.05, 4.69) is 0 Å². The quantitative estimate of drug-likeness (QED) is 0.605. The lowest BCUT2D eigenvalue weighted by atomic mass is 9.81. The van der Waals surface area contributed by atoms with E-state index in [1.54, 1.807) is 45.1 Å². The Bertz CT molecular complexity index is 359. The number of aliphatic carboxylic acids is 1. The lowest BCUT2D eigenvalue weighted by Gasteiger charge is -2.26. The molecule has 0 saturated heterocycles. The van der Waals surface area contributed by atoms with Crippen LogP contribution in [0.25, 0.3) is 0 Å². The molecule has 0 unspecified atom stereocenters. The van der Waals surface area contributed by atoms with Crippen molar-refractivity contribution in [3.63, 3.8) is 0 Å². The van der Waals surface area contributed by atoms with E-state index in [4.69, 9.17) is 4.74 Å². The summed E-state index contributed by atoms with van der Waals surface area (Å²) in [5, 5.41) is 9.23. The van der Waals surface area contributed by atoms with Crippen LogP contribution in [0.2, 0.25) is 0 Å². The molecule has 0 radical (unpaired) electrons. The number of esters is 1. The van der Waals surface area contributed by atoms with Gasteiger partial charge in [0.15, 0.2) is 0 Å². The summed E-state index contributed by atoms with van der Waals surface area (Å²) in [5.41, 5.74) is -1.85. The fraction of sp³-hybridized carbons (Fsp3) is 0.538. The first-order valence-corrected chi connectivity index (χ1v) is 5.56. The molecule has 0 saturated carbocycles. The minimum Gasteiger partial charge on any atom is -0.480 e. The molecule has 0 aromatic heterocycles. The van der Waals surface area contributed by atoms with Crippen molar-refractivity contribution < 1.29 is 19.4 Å². The van der Waals surface area contributed by atoms with E-state index in [-0.39, 0.29) is 6.42 Å². The first-order chi connectivity index (χ1) is 7.75. The first kappa shape index (κ1) is 13.5. The molecule has 0 atom stereocenters. The molecular weight excluding hydrogens is 220 g/mol. The van der Waals surface area contributed by atoms with Crippen LogP contribution >= 0.6 is 0 Å². The van der Waals surface area contributed by atoms with Crippen molar-refractivity contribution in [3.05, 3.63) is 24.3 Å². The summed E-state index contributed by atoms with van der Waals surface area (Å²) in [7, 11) is 0. The summed E-state index contributed by atoms with van der Waals surface area (Å²) in [6.45, 7) is 5.26. The van der Waals surface area contributed by atoms with Gasteiger partial charge in [0.25, 0.3) is 0 Å². The van der Waals surface area contributed by atoms with Crippen LogP contribution in [0.1, 0.15) is 33.6 Å². The molecule has 0 aromatic carbocycles. The Morgan fingerprint density at radius 3 is 2.24 bits per heavy atom. The van der Waals surface area contributed by atoms with Gasteiger partial charge >= 0.3 is 11.9 Å². The predicted molar refractivity (Wildman–Crippen MR) is 63.4 cm³/mol. The van der Waals surface area contributed by atoms with Gasteiger partial charge in [0.05, 0.1) is 6.42 Å². The van der Waals surface area contributed by atoms with E-state index in [0.29, 0.717) is 6.42 Å². The Labute approximate surface area is 101 Å².